The summed E-state index contributed by atoms with van der Waals surface area (Å²) >= 11 is 0. The lowest BCUT2D eigenvalue weighted by Crippen LogP contribution is -2.27. The predicted molar refractivity (Wildman–Crippen MR) is 139 cm³/mol. The van der Waals surface area contributed by atoms with Crippen LogP contribution in [0.5, 0.6) is 0 Å². The SMILES string of the molecule is C[Si](C)(C)C(=C=C(c1ccccc1)c1cn(Cc2ccccc2)nn1)n1nnc2ccccc21. The number of rotatable bonds is 6. The molecular weight excluding hydrogens is 436 g/mol. The van der Waals surface area contributed by atoms with Crippen molar-refractivity contribution < 1.29 is 0 Å². The Morgan fingerprint density at radius 3 is 2.21 bits per heavy atom. The molecule has 2 aromatic heterocycles. The van der Waals surface area contributed by atoms with Crippen molar-refractivity contribution in [3.05, 3.63) is 114 Å². The Labute approximate surface area is 199 Å². The highest BCUT2D eigenvalue weighted by molar-refractivity contribution is 6.92. The van der Waals surface area contributed by atoms with Crippen LogP contribution in [0.15, 0.2) is 96.9 Å². The average molecular weight is 463 g/mol. The quantitative estimate of drug-likeness (QED) is 0.246. The van der Waals surface area contributed by atoms with Crippen LogP contribution in [0.25, 0.3) is 21.9 Å². The highest BCUT2D eigenvalue weighted by Crippen LogP contribution is 2.27. The average Bonchev–Trinajstić information content (AvgIpc) is 3.47. The Hall–Kier alpha value is -4.06. The van der Waals surface area contributed by atoms with Gasteiger partial charge in [-0.2, -0.15) is 0 Å². The molecule has 2 heterocycles. The van der Waals surface area contributed by atoms with Gasteiger partial charge in [0.2, 0.25) is 0 Å². The van der Waals surface area contributed by atoms with Gasteiger partial charge in [-0.05, 0) is 23.3 Å². The minimum Gasteiger partial charge on any atom is -0.247 e. The van der Waals surface area contributed by atoms with Gasteiger partial charge in [0.1, 0.15) is 19.3 Å². The summed E-state index contributed by atoms with van der Waals surface area (Å²) in [6.07, 6.45) is 1.99. The molecule has 0 aliphatic rings. The normalized spacial score (nSPS) is 11.4. The lowest BCUT2D eigenvalue weighted by atomic mass is 10.0. The van der Waals surface area contributed by atoms with E-state index in [0.29, 0.717) is 6.54 Å². The molecule has 5 aromatic rings. The van der Waals surface area contributed by atoms with E-state index in [1.54, 1.807) is 0 Å². The number of para-hydroxylation sites is 1. The first-order chi connectivity index (χ1) is 16.5. The second kappa shape index (κ2) is 9.06. The third kappa shape index (κ3) is 4.52. The maximum absolute atomic E-state index is 4.54. The van der Waals surface area contributed by atoms with Crippen LogP contribution in [0.2, 0.25) is 19.6 Å². The molecular formula is C27H26N6Si. The molecule has 0 N–H and O–H groups in total. The molecule has 0 spiro atoms. The van der Waals surface area contributed by atoms with E-state index in [1.807, 2.05) is 70.2 Å². The van der Waals surface area contributed by atoms with E-state index in [4.69, 9.17) is 0 Å². The second-order valence-electron chi connectivity index (χ2n) is 9.24. The van der Waals surface area contributed by atoms with Gasteiger partial charge in [-0.3, -0.25) is 0 Å². The van der Waals surface area contributed by atoms with Gasteiger partial charge in [-0.25, -0.2) is 9.36 Å². The highest BCUT2D eigenvalue weighted by atomic mass is 28.3. The zero-order valence-corrected chi connectivity index (χ0v) is 20.6. The predicted octanol–water partition coefficient (Wildman–Crippen LogP) is 5.52. The fourth-order valence-corrected chi connectivity index (χ4v) is 5.16. The zero-order valence-electron chi connectivity index (χ0n) is 19.6. The van der Waals surface area contributed by atoms with Gasteiger partial charge in [-0.1, -0.05) is 109 Å². The Kier molecular flexibility index (Phi) is 5.80. The minimum absolute atomic E-state index is 0.661. The topological polar surface area (TPSA) is 61.4 Å². The van der Waals surface area contributed by atoms with E-state index in [2.05, 4.69) is 76.3 Å². The summed E-state index contributed by atoms with van der Waals surface area (Å²) in [7, 11) is -1.90. The number of nitrogens with zero attached hydrogens (tertiary/aromatic N) is 6. The van der Waals surface area contributed by atoms with Crippen LogP contribution in [0.4, 0.5) is 0 Å². The third-order valence-corrected chi connectivity index (χ3v) is 7.32. The molecule has 0 fully saturated rings. The van der Waals surface area contributed by atoms with E-state index in [-0.39, 0.29) is 0 Å². The van der Waals surface area contributed by atoms with Crippen molar-refractivity contribution >= 4 is 30.0 Å². The molecule has 0 unspecified atom stereocenters. The third-order valence-electron chi connectivity index (χ3n) is 5.56. The molecule has 0 amide bonds. The summed E-state index contributed by atoms with van der Waals surface area (Å²) in [5.74, 6) is 0. The van der Waals surface area contributed by atoms with Gasteiger partial charge >= 0.3 is 0 Å². The van der Waals surface area contributed by atoms with Crippen LogP contribution in [-0.4, -0.2) is 38.1 Å². The molecule has 0 aliphatic heterocycles. The van der Waals surface area contributed by atoms with Crippen LogP contribution in [0.3, 0.4) is 0 Å². The maximum atomic E-state index is 4.54. The molecule has 168 valence electrons. The van der Waals surface area contributed by atoms with Gasteiger partial charge in [0, 0.05) is 0 Å². The molecule has 5 rings (SSSR count). The van der Waals surface area contributed by atoms with E-state index < -0.39 is 8.07 Å². The fraction of sp³-hybridized carbons (Fsp3) is 0.148. The molecule has 0 radical (unpaired) electrons. The molecule has 3 aromatic carbocycles. The molecule has 7 heteroatoms. The lowest BCUT2D eigenvalue weighted by Gasteiger charge is -2.19. The van der Waals surface area contributed by atoms with Crippen LogP contribution < -0.4 is 0 Å². The van der Waals surface area contributed by atoms with Crippen molar-refractivity contribution in [2.45, 2.75) is 26.2 Å². The molecule has 34 heavy (non-hydrogen) atoms. The summed E-state index contributed by atoms with van der Waals surface area (Å²) in [5, 5.41) is 18.9. The summed E-state index contributed by atoms with van der Waals surface area (Å²) in [6, 6.07) is 28.5. The summed E-state index contributed by atoms with van der Waals surface area (Å²) in [5.41, 5.74) is 9.48. The Bertz CT molecular complexity index is 1490. The van der Waals surface area contributed by atoms with Crippen molar-refractivity contribution in [2.24, 2.45) is 0 Å². The molecule has 0 saturated carbocycles. The van der Waals surface area contributed by atoms with Gasteiger partial charge in [0.05, 0.1) is 29.2 Å². The molecule has 0 aliphatic carbocycles. The van der Waals surface area contributed by atoms with Gasteiger partial charge in [-0.15, -0.1) is 10.2 Å². The highest BCUT2D eigenvalue weighted by Gasteiger charge is 2.25. The van der Waals surface area contributed by atoms with Crippen LogP contribution >= 0.6 is 0 Å². The lowest BCUT2D eigenvalue weighted by molar-refractivity contribution is 0.649. The van der Waals surface area contributed by atoms with Gasteiger partial charge in [0.25, 0.3) is 0 Å². The van der Waals surface area contributed by atoms with Crippen molar-refractivity contribution in [3.63, 3.8) is 0 Å². The maximum Gasteiger partial charge on any atom is 0.121 e. The molecule has 0 atom stereocenters. The van der Waals surface area contributed by atoms with Gasteiger partial charge < -0.3 is 0 Å². The second-order valence-corrected chi connectivity index (χ2v) is 14.2. The standard InChI is InChI=1S/C27H26N6Si/c1-34(2,3)27(33-26-17-11-10-16-24(26)28-31-33)18-23(22-14-8-5-9-15-22)25-20-32(30-29-25)19-21-12-6-4-7-13-21/h4-17,20H,19H2,1-3H3. The number of benzene rings is 3. The minimum atomic E-state index is -1.90. The summed E-state index contributed by atoms with van der Waals surface area (Å²) in [6.45, 7) is 7.54. The van der Waals surface area contributed by atoms with E-state index in [0.717, 1.165) is 33.2 Å². The summed E-state index contributed by atoms with van der Waals surface area (Å²) in [4.78, 5) is 0. The number of hydrogen-bond acceptors (Lipinski definition) is 4. The number of fused-ring (bicyclic) bond motifs is 1. The van der Waals surface area contributed by atoms with Crippen molar-refractivity contribution in [2.75, 3.05) is 0 Å². The summed E-state index contributed by atoms with van der Waals surface area (Å²) < 4.78 is 3.81. The first-order valence-electron chi connectivity index (χ1n) is 11.3. The Morgan fingerprint density at radius 1 is 0.794 bits per heavy atom. The molecule has 0 saturated heterocycles. The monoisotopic (exact) mass is 462 g/mol. The Balaban J connectivity index is 1.71. The van der Waals surface area contributed by atoms with Crippen molar-refractivity contribution in [1.82, 2.24) is 30.0 Å². The van der Waals surface area contributed by atoms with Crippen molar-refractivity contribution in [3.8, 4) is 0 Å². The first-order valence-corrected chi connectivity index (χ1v) is 14.8. The van der Waals surface area contributed by atoms with E-state index in [9.17, 15) is 0 Å². The van der Waals surface area contributed by atoms with E-state index >= 15 is 0 Å². The van der Waals surface area contributed by atoms with Crippen LogP contribution in [0.1, 0.15) is 16.8 Å². The van der Waals surface area contributed by atoms with Crippen LogP contribution in [-0.2, 0) is 6.54 Å². The fourth-order valence-electron chi connectivity index (χ4n) is 3.86. The first kappa shape index (κ1) is 21.8. The zero-order chi connectivity index (χ0) is 23.5. The molecule has 0 bridgehead atoms. The van der Waals surface area contributed by atoms with Gasteiger partial charge in [0.15, 0.2) is 0 Å². The number of hydrogen-bond donors (Lipinski definition) is 0. The smallest absolute Gasteiger partial charge is 0.121 e. The van der Waals surface area contributed by atoms with Crippen LogP contribution in [0, 0.1) is 0 Å². The van der Waals surface area contributed by atoms with E-state index in [1.165, 1.54) is 5.56 Å². The number of aromatic nitrogens is 6. The largest absolute Gasteiger partial charge is 0.247 e. The molecule has 6 nitrogen and oxygen atoms in total. The van der Waals surface area contributed by atoms with Crippen molar-refractivity contribution in [1.29, 1.82) is 0 Å². The Morgan fingerprint density at radius 2 is 1.47 bits per heavy atom.